The quantitative estimate of drug-likeness (QED) is 0.497. The highest BCUT2D eigenvalue weighted by Gasteiger charge is 1.95. The van der Waals surface area contributed by atoms with Crippen LogP contribution in [0, 0.1) is 0 Å². The number of anilines is 3. The highest BCUT2D eigenvalue weighted by atomic mass is 15.1. The summed E-state index contributed by atoms with van der Waals surface area (Å²) in [7, 11) is 0. The van der Waals surface area contributed by atoms with Gasteiger partial charge in [0.1, 0.15) is 0 Å². The molecule has 0 aliphatic heterocycles. The van der Waals surface area contributed by atoms with Gasteiger partial charge in [-0.2, -0.15) is 10.2 Å². The van der Waals surface area contributed by atoms with E-state index in [1.807, 2.05) is 66.7 Å². The van der Waals surface area contributed by atoms with Gasteiger partial charge in [0.05, 0.1) is 11.4 Å². The van der Waals surface area contributed by atoms with Crippen molar-refractivity contribution in [1.82, 2.24) is 0 Å². The van der Waals surface area contributed by atoms with E-state index in [0.29, 0.717) is 0 Å². The van der Waals surface area contributed by atoms with Gasteiger partial charge in [0, 0.05) is 17.1 Å². The summed E-state index contributed by atoms with van der Waals surface area (Å²) in [5, 5.41) is 11.7. The molecule has 0 amide bonds. The van der Waals surface area contributed by atoms with Crippen LogP contribution in [0.1, 0.15) is 0 Å². The number of nitrogen functional groups attached to an aromatic ring is 1. The van der Waals surface area contributed by atoms with E-state index in [1.54, 1.807) is 12.1 Å². The van der Waals surface area contributed by atoms with Gasteiger partial charge in [-0.3, -0.25) is 0 Å². The Morgan fingerprint density at radius 1 is 0.591 bits per heavy atom. The van der Waals surface area contributed by atoms with Crippen LogP contribution >= 0.6 is 0 Å². The molecule has 22 heavy (non-hydrogen) atoms. The van der Waals surface area contributed by atoms with Crippen molar-refractivity contribution in [3.8, 4) is 0 Å². The molecule has 4 heteroatoms. The molecule has 0 spiro atoms. The highest BCUT2D eigenvalue weighted by molar-refractivity contribution is 5.61. The molecule has 3 aromatic rings. The number of rotatable bonds is 4. The van der Waals surface area contributed by atoms with Crippen molar-refractivity contribution in [3.63, 3.8) is 0 Å². The smallest absolute Gasteiger partial charge is 0.0858 e. The van der Waals surface area contributed by atoms with Crippen molar-refractivity contribution < 1.29 is 0 Å². The maximum Gasteiger partial charge on any atom is 0.0858 e. The zero-order chi connectivity index (χ0) is 15.2. The summed E-state index contributed by atoms with van der Waals surface area (Å²) in [5.74, 6) is 0. The number of azo groups is 1. The Hall–Kier alpha value is -3.14. The number of hydrogen-bond donors (Lipinski definition) is 2. The van der Waals surface area contributed by atoms with Crippen LogP contribution in [0.4, 0.5) is 28.4 Å². The second-order valence-corrected chi connectivity index (χ2v) is 4.83. The van der Waals surface area contributed by atoms with Crippen LogP contribution in [0.15, 0.2) is 89.1 Å². The van der Waals surface area contributed by atoms with Crippen molar-refractivity contribution in [2.24, 2.45) is 10.2 Å². The van der Waals surface area contributed by atoms with Crippen LogP contribution in [0.2, 0.25) is 0 Å². The first-order valence-corrected chi connectivity index (χ1v) is 6.99. The molecule has 108 valence electrons. The van der Waals surface area contributed by atoms with Crippen LogP contribution in [0.25, 0.3) is 0 Å². The largest absolute Gasteiger partial charge is 0.399 e. The third-order valence-corrected chi connectivity index (χ3v) is 3.10. The molecule has 3 N–H and O–H groups in total. The maximum absolute atomic E-state index is 5.63. The second-order valence-electron chi connectivity index (χ2n) is 4.83. The van der Waals surface area contributed by atoms with Gasteiger partial charge < -0.3 is 11.1 Å². The molecule has 0 fully saturated rings. The lowest BCUT2D eigenvalue weighted by atomic mass is 10.2. The molecule has 0 saturated heterocycles. The Kier molecular flexibility index (Phi) is 4.11. The summed E-state index contributed by atoms with van der Waals surface area (Å²) in [5.41, 5.74) is 10.00. The molecule has 3 rings (SSSR count). The molecule has 0 saturated carbocycles. The SMILES string of the molecule is Nc1ccc(N=Nc2ccc(Nc3ccccc3)cc2)cc1. The predicted octanol–water partition coefficient (Wildman–Crippen LogP) is 5.43. The van der Waals surface area contributed by atoms with Gasteiger partial charge in [-0.25, -0.2) is 0 Å². The number of benzene rings is 3. The first kappa shape index (κ1) is 13.8. The van der Waals surface area contributed by atoms with Crippen molar-refractivity contribution in [3.05, 3.63) is 78.9 Å². The fraction of sp³-hybridized carbons (Fsp3) is 0. The summed E-state index contributed by atoms with van der Waals surface area (Å²) in [6, 6.07) is 25.1. The van der Waals surface area contributed by atoms with Crippen LogP contribution < -0.4 is 11.1 Å². The maximum atomic E-state index is 5.63. The lowest BCUT2D eigenvalue weighted by Crippen LogP contribution is -1.88. The van der Waals surface area contributed by atoms with Crippen molar-refractivity contribution in [2.75, 3.05) is 11.1 Å². The Labute approximate surface area is 129 Å². The molecule has 0 atom stereocenters. The van der Waals surface area contributed by atoms with E-state index in [9.17, 15) is 0 Å². The molecule has 0 heterocycles. The van der Waals surface area contributed by atoms with E-state index < -0.39 is 0 Å². The van der Waals surface area contributed by atoms with Crippen molar-refractivity contribution in [2.45, 2.75) is 0 Å². The summed E-state index contributed by atoms with van der Waals surface area (Å²) >= 11 is 0. The average Bonchev–Trinajstić information content (AvgIpc) is 2.57. The van der Waals surface area contributed by atoms with E-state index in [0.717, 1.165) is 28.4 Å². The summed E-state index contributed by atoms with van der Waals surface area (Å²) in [4.78, 5) is 0. The fourth-order valence-electron chi connectivity index (χ4n) is 1.96. The summed E-state index contributed by atoms with van der Waals surface area (Å²) in [6.45, 7) is 0. The number of nitrogens with one attached hydrogen (secondary N) is 1. The van der Waals surface area contributed by atoms with Crippen LogP contribution in [-0.4, -0.2) is 0 Å². The average molecular weight is 288 g/mol. The van der Waals surface area contributed by atoms with Crippen molar-refractivity contribution in [1.29, 1.82) is 0 Å². The van der Waals surface area contributed by atoms with Crippen LogP contribution in [-0.2, 0) is 0 Å². The third-order valence-electron chi connectivity index (χ3n) is 3.10. The van der Waals surface area contributed by atoms with E-state index in [1.165, 1.54) is 0 Å². The van der Waals surface area contributed by atoms with Gasteiger partial charge in [0.2, 0.25) is 0 Å². The third kappa shape index (κ3) is 3.70. The highest BCUT2D eigenvalue weighted by Crippen LogP contribution is 2.22. The van der Waals surface area contributed by atoms with Gasteiger partial charge in [-0.05, 0) is 60.7 Å². The summed E-state index contributed by atoms with van der Waals surface area (Å²) < 4.78 is 0. The molecule has 0 aliphatic carbocycles. The van der Waals surface area contributed by atoms with E-state index in [-0.39, 0.29) is 0 Å². The Morgan fingerprint density at radius 2 is 1.09 bits per heavy atom. The Balaban J connectivity index is 1.67. The van der Waals surface area contributed by atoms with Gasteiger partial charge in [0.25, 0.3) is 0 Å². The van der Waals surface area contributed by atoms with Gasteiger partial charge in [-0.15, -0.1) is 0 Å². The Morgan fingerprint density at radius 3 is 1.68 bits per heavy atom. The molecule has 0 aliphatic rings. The Bertz CT molecular complexity index is 747. The lowest BCUT2D eigenvalue weighted by molar-refractivity contribution is 1.23. The van der Waals surface area contributed by atoms with Crippen LogP contribution in [0.3, 0.4) is 0 Å². The predicted molar refractivity (Wildman–Crippen MR) is 91.2 cm³/mol. The molecule has 3 aromatic carbocycles. The topological polar surface area (TPSA) is 62.8 Å². The number of nitrogens with zero attached hydrogens (tertiary/aromatic N) is 2. The van der Waals surface area contributed by atoms with Crippen molar-refractivity contribution >= 4 is 28.4 Å². The molecular weight excluding hydrogens is 272 g/mol. The van der Waals surface area contributed by atoms with Gasteiger partial charge in [0.15, 0.2) is 0 Å². The zero-order valence-electron chi connectivity index (χ0n) is 12.0. The monoisotopic (exact) mass is 288 g/mol. The van der Waals surface area contributed by atoms with Gasteiger partial charge in [-0.1, -0.05) is 18.2 Å². The van der Waals surface area contributed by atoms with E-state index in [4.69, 9.17) is 5.73 Å². The number of para-hydroxylation sites is 1. The van der Waals surface area contributed by atoms with Gasteiger partial charge >= 0.3 is 0 Å². The van der Waals surface area contributed by atoms with E-state index in [2.05, 4.69) is 15.5 Å². The standard InChI is InChI=1S/C18H16N4/c19-14-6-8-17(9-7-14)21-22-18-12-10-16(11-13-18)20-15-4-2-1-3-5-15/h1-13,20H,19H2. The summed E-state index contributed by atoms with van der Waals surface area (Å²) in [6.07, 6.45) is 0. The van der Waals surface area contributed by atoms with Crippen LogP contribution in [0.5, 0.6) is 0 Å². The first-order chi connectivity index (χ1) is 10.8. The minimum atomic E-state index is 0.718. The zero-order valence-corrected chi connectivity index (χ0v) is 12.0. The molecule has 0 aromatic heterocycles. The first-order valence-electron chi connectivity index (χ1n) is 6.99. The fourth-order valence-corrected chi connectivity index (χ4v) is 1.96. The number of nitrogens with two attached hydrogens (primary N) is 1. The molecule has 0 bridgehead atoms. The molecule has 0 radical (unpaired) electrons. The second kappa shape index (κ2) is 6.54. The lowest BCUT2D eigenvalue weighted by Gasteiger charge is -2.05. The molecule has 0 unspecified atom stereocenters. The minimum Gasteiger partial charge on any atom is -0.399 e. The normalized spacial score (nSPS) is 10.7. The molecule has 4 nitrogen and oxygen atoms in total. The minimum absolute atomic E-state index is 0.718. The van der Waals surface area contributed by atoms with E-state index >= 15 is 0 Å². The number of hydrogen-bond acceptors (Lipinski definition) is 4. The molecular formula is C18H16N4.